The van der Waals surface area contributed by atoms with E-state index in [9.17, 15) is 0 Å². The summed E-state index contributed by atoms with van der Waals surface area (Å²) in [5.74, 6) is 1.64. The van der Waals surface area contributed by atoms with E-state index in [-0.39, 0.29) is 0 Å². The minimum Gasteiger partial charge on any atom is -0.493 e. The van der Waals surface area contributed by atoms with Crippen molar-refractivity contribution in [2.75, 3.05) is 19.0 Å². The Bertz CT molecular complexity index is 638. The molecule has 2 rings (SSSR count). The molecular formula is C20H27NO2. The molecule has 0 aromatic heterocycles. The van der Waals surface area contributed by atoms with Crippen molar-refractivity contribution in [2.24, 2.45) is 0 Å². The number of unbranched alkanes of at least 4 members (excludes halogenated alkanes) is 1. The number of aryl methyl sites for hydroxylation is 2. The molecule has 0 bridgehead atoms. The van der Waals surface area contributed by atoms with Crippen molar-refractivity contribution in [1.29, 1.82) is 0 Å². The molecule has 23 heavy (non-hydrogen) atoms. The van der Waals surface area contributed by atoms with Gasteiger partial charge in [-0.25, -0.2) is 0 Å². The van der Waals surface area contributed by atoms with Gasteiger partial charge in [0.15, 0.2) is 11.5 Å². The second kappa shape index (κ2) is 8.47. The molecule has 0 aliphatic rings. The molecule has 0 fully saturated rings. The van der Waals surface area contributed by atoms with Crippen LogP contribution in [-0.4, -0.2) is 13.7 Å². The average Bonchev–Trinajstić information content (AvgIpc) is 2.56. The first-order valence-electron chi connectivity index (χ1n) is 8.25. The molecular weight excluding hydrogens is 286 g/mol. The van der Waals surface area contributed by atoms with Crippen LogP contribution in [0.1, 0.15) is 36.5 Å². The molecule has 0 radical (unpaired) electrons. The normalized spacial score (nSPS) is 10.4. The summed E-state index contributed by atoms with van der Waals surface area (Å²) >= 11 is 0. The minimum atomic E-state index is 0.709. The highest BCUT2D eigenvalue weighted by atomic mass is 16.5. The first kappa shape index (κ1) is 17.2. The highest BCUT2D eigenvalue weighted by molar-refractivity contribution is 5.51. The largest absolute Gasteiger partial charge is 0.493 e. The smallest absolute Gasteiger partial charge is 0.166 e. The summed E-state index contributed by atoms with van der Waals surface area (Å²) in [5, 5.41) is 3.48. The van der Waals surface area contributed by atoms with Gasteiger partial charge in [0.2, 0.25) is 0 Å². The number of benzene rings is 2. The zero-order valence-electron chi connectivity index (χ0n) is 14.6. The maximum atomic E-state index is 5.97. The summed E-state index contributed by atoms with van der Waals surface area (Å²) in [6, 6.07) is 12.5. The van der Waals surface area contributed by atoms with Crippen LogP contribution in [0.3, 0.4) is 0 Å². The molecule has 2 aromatic carbocycles. The molecule has 3 nitrogen and oxygen atoms in total. The van der Waals surface area contributed by atoms with Gasteiger partial charge in [-0.2, -0.15) is 0 Å². The molecule has 0 saturated heterocycles. The van der Waals surface area contributed by atoms with Crippen LogP contribution in [0.5, 0.6) is 11.5 Å². The predicted octanol–water partition coefficient (Wildman–Crippen LogP) is 5.10. The summed E-state index contributed by atoms with van der Waals surface area (Å²) in [7, 11) is 1.68. The lowest BCUT2D eigenvalue weighted by Crippen LogP contribution is -2.06. The molecule has 124 valence electrons. The third kappa shape index (κ3) is 4.65. The third-order valence-electron chi connectivity index (χ3n) is 4.01. The number of ether oxygens (including phenoxy) is 2. The van der Waals surface area contributed by atoms with Gasteiger partial charge in [0.1, 0.15) is 0 Å². The molecule has 0 amide bonds. The van der Waals surface area contributed by atoms with E-state index in [4.69, 9.17) is 9.47 Å². The summed E-state index contributed by atoms with van der Waals surface area (Å²) in [5.41, 5.74) is 4.83. The van der Waals surface area contributed by atoms with Crippen LogP contribution in [0.15, 0.2) is 36.4 Å². The van der Waals surface area contributed by atoms with E-state index < -0.39 is 0 Å². The number of para-hydroxylation sites is 1. The van der Waals surface area contributed by atoms with Gasteiger partial charge in [-0.1, -0.05) is 31.5 Å². The first-order valence-corrected chi connectivity index (χ1v) is 8.25. The minimum absolute atomic E-state index is 0.709. The fourth-order valence-electron chi connectivity index (χ4n) is 2.39. The van der Waals surface area contributed by atoms with Crippen molar-refractivity contribution in [3.8, 4) is 11.5 Å². The Kier molecular flexibility index (Phi) is 6.33. The maximum absolute atomic E-state index is 5.97. The van der Waals surface area contributed by atoms with Crippen LogP contribution in [0.2, 0.25) is 0 Å². The SMILES string of the molecule is CCCCOc1c(CNc2ccc(C)c(C)c2)cccc1OC. The lowest BCUT2D eigenvalue weighted by atomic mass is 10.1. The summed E-state index contributed by atoms with van der Waals surface area (Å²) in [6.07, 6.45) is 2.16. The monoisotopic (exact) mass is 313 g/mol. The number of hydrogen-bond acceptors (Lipinski definition) is 3. The van der Waals surface area contributed by atoms with E-state index in [2.05, 4.69) is 50.4 Å². The van der Waals surface area contributed by atoms with Crippen LogP contribution in [-0.2, 0) is 6.54 Å². The van der Waals surface area contributed by atoms with E-state index in [1.54, 1.807) is 7.11 Å². The van der Waals surface area contributed by atoms with E-state index in [0.29, 0.717) is 13.2 Å². The number of hydrogen-bond donors (Lipinski definition) is 1. The van der Waals surface area contributed by atoms with E-state index in [1.807, 2.05) is 12.1 Å². The standard InChI is InChI=1S/C20H27NO2/c1-5-6-12-23-20-17(8-7-9-19(20)22-4)14-21-18-11-10-15(2)16(3)13-18/h7-11,13,21H,5-6,12,14H2,1-4H3. The topological polar surface area (TPSA) is 30.5 Å². The summed E-state index contributed by atoms with van der Waals surface area (Å²) < 4.78 is 11.4. The predicted molar refractivity (Wildman–Crippen MR) is 96.6 cm³/mol. The quantitative estimate of drug-likeness (QED) is 0.687. The zero-order valence-corrected chi connectivity index (χ0v) is 14.6. The van der Waals surface area contributed by atoms with Gasteiger partial charge in [-0.05, 0) is 49.6 Å². The summed E-state index contributed by atoms with van der Waals surface area (Å²) in [4.78, 5) is 0. The van der Waals surface area contributed by atoms with E-state index >= 15 is 0 Å². The molecule has 0 saturated carbocycles. The average molecular weight is 313 g/mol. The van der Waals surface area contributed by atoms with E-state index in [1.165, 1.54) is 11.1 Å². The van der Waals surface area contributed by atoms with Gasteiger partial charge in [0.25, 0.3) is 0 Å². The molecule has 0 aliphatic heterocycles. The number of anilines is 1. The molecule has 0 spiro atoms. The Balaban J connectivity index is 2.12. The fraction of sp³-hybridized carbons (Fsp3) is 0.400. The second-order valence-electron chi connectivity index (χ2n) is 5.80. The van der Waals surface area contributed by atoms with Crippen molar-refractivity contribution in [1.82, 2.24) is 0 Å². The molecule has 0 aliphatic carbocycles. The molecule has 1 N–H and O–H groups in total. The Morgan fingerprint density at radius 2 is 1.87 bits per heavy atom. The Hall–Kier alpha value is -2.16. The Labute approximate surface area is 139 Å². The molecule has 3 heteroatoms. The van der Waals surface area contributed by atoms with Crippen molar-refractivity contribution in [3.05, 3.63) is 53.1 Å². The van der Waals surface area contributed by atoms with Crippen LogP contribution in [0, 0.1) is 13.8 Å². The van der Waals surface area contributed by atoms with Crippen LogP contribution in [0.25, 0.3) is 0 Å². The lowest BCUT2D eigenvalue weighted by molar-refractivity contribution is 0.285. The molecule has 2 aromatic rings. The number of methoxy groups -OCH3 is 1. The first-order chi connectivity index (χ1) is 11.2. The van der Waals surface area contributed by atoms with Crippen molar-refractivity contribution < 1.29 is 9.47 Å². The van der Waals surface area contributed by atoms with Gasteiger partial charge < -0.3 is 14.8 Å². The summed E-state index contributed by atoms with van der Waals surface area (Å²) in [6.45, 7) is 7.84. The molecule has 0 heterocycles. The highest BCUT2D eigenvalue weighted by Gasteiger charge is 2.10. The van der Waals surface area contributed by atoms with Gasteiger partial charge in [-0.15, -0.1) is 0 Å². The van der Waals surface area contributed by atoms with E-state index in [0.717, 1.165) is 35.6 Å². The van der Waals surface area contributed by atoms with Gasteiger partial charge in [0, 0.05) is 17.8 Å². The molecule has 0 atom stereocenters. The van der Waals surface area contributed by atoms with Crippen LogP contribution < -0.4 is 14.8 Å². The van der Waals surface area contributed by atoms with Crippen LogP contribution in [0.4, 0.5) is 5.69 Å². The Morgan fingerprint density at radius 1 is 1.04 bits per heavy atom. The zero-order chi connectivity index (χ0) is 16.7. The number of rotatable bonds is 8. The molecule has 0 unspecified atom stereocenters. The van der Waals surface area contributed by atoms with Crippen molar-refractivity contribution in [2.45, 2.75) is 40.2 Å². The van der Waals surface area contributed by atoms with Gasteiger partial charge in [-0.3, -0.25) is 0 Å². The van der Waals surface area contributed by atoms with Gasteiger partial charge in [0.05, 0.1) is 13.7 Å². The highest BCUT2D eigenvalue weighted by Crippen LogP contribution is 2.32. The van der Waals surface area contributed by atoms with Crippen LogP contribution >= 0.6 is 0 Å². The van der Waals surface area contributed by atoms with Crippen molar-refractivity contribution in [3.63, 3.8) is 0 Å². The maximum Gasteiger partial charge on any atom is 0.166 e. The Morgan fingerprint density at radius 3 is 2.57 bits per heavy atom. The van der Waals surface area contributed by atoms with Crippen molar-refractivity contribution >= 4 is 5.69 Å². The van der Waals surface area contributed by atoms with Gasteiger partial charge >= 0.3 is 0 Å². The number of nitrogens with one attached hydrogen (secondary N) is 1. The third-order valence-corrected chi connectivity index (χ3v) is 4.01. The fourth-order valence-corrected chi connectivity index (χ4v) is 2.39. The second-order valence-corrected chi connectivity index (χ2v) is 5.80. The lowest BCUT2D eigenvalue weighted by Gasteiger charge is -2.16.